The molecule has 2 atom stereocenters. The number of carbonyl (C=O) groups excluding carboxylic acids is 1. The summed E-state index contributed by atoms with van der Waals surface area (Å²) in [4.78, 5) is 21.0. The first-order valence-electron chi connectivity index (χ1n) is 11.2. The van der Waals surface area contributed by atoms with Gasteiger partial charge in [0.15, 0.2) is 5.82 Å². The van der Waals surface area contributed by atoms with E-state index >= 15 is 0 Å². The Labute approximate surface area is 209 Å². The summed E-state index contributed by atoms with van der Waals surface area (Å²) in [7, 11) is -1.72. The van der Waals surface area contributed by atoms with Crippen molar-refractivity contribution >= 4 is 50.7 Å². The molecule has 1 fully saturated rings. The molecule has 1 aromatic heterocycles. The van der Waals surface area contributed by atoms with E-state index in [0.717, 1.165) is 30.5 Å². The maximum absolute atomic E-state index is 12.4. The lowest BCUT2D eigenvalue weighted by Crippen LogP contribution is -2.41. The lowest BCUT2D eigenvalue weighted by Gasteiger charge is -2.34. The van der Waals surface area contributed by atoms with Gasteiger partial charge in [0.25, 0.3) is 5.91 Å². The van der Waals surface area contributed by atoms with Gasteiger partial charge in [-0.25, -0.2) is 13.4 Å². The minimum atomic E-state index is -3.29. The number of hydrogen-bond acceptors (Lipinski definition) is 7. The Morgan fingerprint density at radius 3 is 2.71 bits per heavy atom. The molecular weight excluding hydrogens is 488 g/mol. The monoisotopic (exact) mass is 512 g/mol. The van der Waals surface area contributed by atoms with Gasteiger partial charge in [0, 0.05) is 18.8 Å². The minimum absolute atomic E-state index is 0.0345. The number of sulfonamides is 1. The molecule has 2 aromatic carbocycles. The van der Waals surface area contributed by atoms with E-state index in [1.807, 2.05) is 24.3 Å². The second-order valence-electron chi connectivity index (χ2n) is 8.72. The molecule has 182 valence electrons. The predicted molar refractivity (Wildman–Crippen MR) is 136 cm³/mol. The highest BCUT2D eigenvalue weighted by molar-refractivity contribution is 7.88. The van der Waals surface area contributed by atoms with Crippen molar-refractivity contribution in [1.82, 2.24) is 19.6 Å². The Kier molecular flexibility index (Phi) is 6.12. The van der Waals surface area contributed by atoms with Gasteiger partial charge >= 0.3 is 0 Å². The van der Waals surface area contributed by atoms with Crippen LogP contribution in [0.3, 0.4) is 0 Å². The number of halogens is 1. The quantitative estimate of drug-likeness (QED) is 0.457. The molecule has 5 rings (SSSR count). The van der Waals surface area contributed by atoms with E-state index in [2.05, 4.69) is 25.9 Å². The number of rotatable bonds is 6. The van der Waals surface area contributed by atoms with Gasteiger partial charge in [0.2, 0.25) is 16.0 Å². The van der Waals surface area contributed by atoms with Crippen molar-refractivity contribution in [1.29, 1.82) is 0 Å². The Hall–Kier alpha value is -3.21. The first kappa shape index (κ1) is 23.5. The number of benzene rings is 2. The van der Waals surface area contributed by atoms with E-state index in [1.54, 1.807) is 29.6 Å². The summed E-state index contributed by atoms with van der Waals surface area (Å²) < 4.78 is 26.4. The van der Waals surface area contributed by atoms with Crippen molar-refractivity contribution in [3.63, 3.8) is 0 Å². The van der Waals surface area contributed by atoms with Gasteiger partial charge in [-0.3, -0.25) is 4.79 Å². The van der Waals surface area contributed by atoms with E-state index in [9.17, 15) is 13.2 Å². The van der Waals surface area contributed by atoms with Crippen LogP contribution in [0.1, 0.15) is 40.4 Å². The summed E-state index contributed by atoms with van der Waals surface area (Å²) in [6.07, 6.45) is 5.15. The summed E-state index contributed by atoms with van der Waals surface area (Å²) in [5, 5.41) is 9.23. The van der Waals surface area contributed by atoms with Gasteiger partial charge in [0.1, 0.15) is 5.02 Å². The number of nitrogens with one attached hydrogen (secondary N) is 3. The van der Waals surface area contributed by atoms with Crippen LogP contribution in [0.5, 0.6) is 0 Å². The number of hydrogen-bond donors (Lipinski definition) is 3. The summed E-state index contributed by atoms with van der Waals surface area (Å²) in [5.41, 5.74) is 3.96. The molecule has 2 unspecified atom stereocenters. The predicted octanol–water partition coefficient (Wildman–Crippen LogP) is 4.00. The lowest BCUT2D eigenvalue weighted by atomic mass is 9.94. The molecular formula is C24H25ClN6O3S. The maximum atomic E-state index is 12.4. The number of aromatic nitrogens is 2. The number of para-hydroxylation sites is 1. The van der Waals surface area contributed by atoms with E-state index < -0.39 is 10.0 Å². The SMILES string of the molecule is CNC(=O)c1ccccc1Nc1nc(Nc2ccc3c(c2)C2CCC(C3)N2S(C)(=O)=O)ncc1Cl. The molecule has 35 heavy (non-hydrogen) atoms. The van der Waals surface area contributed by atoms with Crippen LogP contribution >= 0.6 is 11.6 Å². The molecule has 3 heterocycles. The average molecular weight is 513 g/mol. The molecule has 1 saturated heterocycles. The van der Waals surface area contributed by atoms with Crippen LogP contribution in [0.25, 0.3) is 0 Å². The third-order valence-corrected chi connectivity index (χ3v) is 8.03. The van der Waals surface area contributed by atoms with Gasteiger partial charge in [-0.1, -0.05) is 29.8 Å². The molecule has 3 aromatic rings. The minimum Gasteiger partial charge on any atom is -0.355 e. The summed E-state index contributed by atoms with van der Waals surface area (Å²) in [6, 6.07) is 12.9. The van der Waals surface area contributed by atoms with Gasteiger partial charge in [-0.05, 0) is 54.7 Å². The van der Waals surface area contributed by atoms with Crippen LogP contribution in [0.4, 0.5) is 23.1 Å². The molecule has 9 nitrogen and oxygen atoms in total. The second kappa shape index (κ2) is 9.10. The molecule has 11 heteroatoms. The van der Waals surface area contributed by atoms with Crippen LogP contribution in [-0.4, -0.2) is 47.9 Å². The summed E-state index contributed by atoms with van der Waals surface area (Å²) in [6.45, 7) is 0. The van der Waals surface area contributed by atoms with Gasteiger partial charge in [-0.15, -0.1) is 0 Å². The van der Waals surface area contributed by atoms with Crippen LogP contribution in [-0.2, 0) is 16.4 Å². The second-order valence-corrected chi connectivity index (χ2v) is 11.0. The Morgan fingerprint density at radius 2 is 1.94 bits per heavy atom. The zero-order valence-electron chi connectivity index (χ0n) is 19.2. The highest BCUT2D eigenvalue weighted by Gasteiger charge is 2.44. The molecule has 0 aliphatic carbocycles. The largest absolute Gasteiger partial charge is 0.355 e. The third-order valence-electron chi connectivity index (χ3n) is 6.44. The van der Waals surface area contributed by atoms with Crippen molar-refractivity contribution < 1.29 is 13.2 Å². The van der Waals surface area contributed by atoms with Crippen molar-refractivity contribution in [3.8, 4) is 0 Å². The lowest BCUT2D eigenvalue weighted by molar-refractivity contribution is 0.0964. The number of fused-ring (bicyclic) bond motifs is 4. The Bertz CT molecular complexity index is 1410. The molecule has 2 bridgehead atoms. The Morgan fingerprint density at radius 1 is 1.14 bits per heavy atom. The fraction of sp³-hybridized carbons (Fsp3) is 0.292. The fourth-order valence-electron chi connectivity index (χ4n) is 4.96. The van der Waals surface area contributed by atoms with E-state index in [-0.39, 0.29) is 18.0 Å². The van der Waals surface area contributed by atoms with E-state index in [0.29, 0.717) is 28.0 Å². The van der Waals surface area contributed by atoms with Crippen molar-refractivity contribution in [2.75, 3.05) is 23.9 Å². The van der Waals surface area contributed by atoms with E-state index in [4.69, 9.17) is 11.6 Å². The van der Waals surface area contributed by atoms with Crippen LogP contribution in [0.2, 0.25) is 5.02 Å². The first-order chi connectivity index (χ1) is 16.7. The highest BCUT2D eigenvalue weighted by Crippen LogP contribution is 2.46. The zero-order valence-corrected chi connectivity index (χ0v) is 20.8. The molecule has 0 saturated carbocycles. The topological polar surface area (TPSA) is 116 Å². The van der Waals surface area contributed by atoms with Crippen molar-refractivity contribution in [2.24, 2.45) is 0 Å². The van der Waals surface area contributed by atoms with Crippen LogP contribution in [0, 0.1) is 0 Å². The number of anilines is 4. The smallest absolute Gasteiger partial charge is 0.253 e. The molecule has 0 radical (unpaired) electrons. The normalized spacial score (nSPS) is 19.2. The highest BCUT2D eigenvalue weighted by atomic mass is 35.5. The Balaban J connectivity index is 1.41. The van der Waals surface area contributed by atoms with Crippen molar-refractivity contribution in [3.05, 3.63) is 70.4 Å². The van der Waals surface area contributed by atoms with E-state index in [1.165, 1.54) is 18.0 Å². The van der Waals surface area contributed by atoms with Crippen LogP contribution in [0.15, 0.2) is 48.7 Å². The first-order valence-corrected chi connectivity index (χ1v) is 13.5. The molecule has 0 spiro atoms. The summed E-state index contributed by atoms with van der Waals surface area (Å²) in [5.74, 6) is 0.428. The molecule has 1 amide bonds. The molecule has 2 aliphatic heterocycles. The maximum Gasteiger partial charge on any atom is 0.253 e. The third kappa shape index (κ3) is 4.56. The fourth-order valence-corrected chi connectivity index (χ4v) is 6.51. The standard InChI is InChI=1S/C24H25ClN6O3S/c1-26-23(32)17-5-3-4-6-20(17)29-22-19(25)13-27-24(30-22)28-15-8-7-14-11-16-9-10-21(18(14)12-15)31(16)35(2,33)34/h3-8,12-13,16,21H,9-11H2,1-2H3,(H,26,32)(H2,27,28,29,30). The van der Waals surface area contributed by atoms with Crippen LogP contribution < -0.4 is 16.0 Å². The van der Waals surface area contributed by atoms with Gasteiger partial charge < -0.3 is 16.0 Å². The molecule has 3 N–H and O–H groups in total. The summed E-state index contributed by atoms with van der Waals surface area (Å²) >= 11 is 6.33. The molecule has 2 aliphatic rings. The van der Waals surface area contributed by atoms with Crippen molar-refractivity contribution in [2.45, 2.75) is 31.3 Å². The average Bonchev–Trinajstić information content (AvgIpc) is 3.18. The number of carbonyl (C=O) groups is 1. The van der Waals surface area contributed by atoms with Gasteiger partial charge in [0.05, 0.1) is 29.7 Å². The van der Waals surface area contributed by atoms with Gasteiger partial charge in [-0.2, -0.15) is 9.29 Å². The number of nitrogens with zero attached hydrogens (tertiary/aromatic N) is 3. The number of amides is 1. The zero-order chi connectivity index (χ0) is 24.7.